The average Bonchev–Trinajstić information content (AvgIpc) is 2.37. The second-order valence-electron chi connectivity index (χ2n) is 4.52. The summed E-state index contributed by atoms with van der Waals surface area (Å²) in [6, 6.07) is 6.30. The minimum atomic E-state index is 0.803. The quantitative estimate of drug-likeness (QED) is 0.775. The minimum Gasteiger partial charge on any atom is -0.251 e. The second kappa shape index (κ2) is 4.62. The van der Waals surface area contributed by atoms with Gasteiger partial charge < -0.3 is 0 Å². The lowest BCUT2D eigenvalue weighted by Gasteiger charge is -2.20. The van der Waals surface area contributed by atoms with E-state index in [1.165, 1.54) is 41.5 Å². The lowest BCUT2D eigenvalue weighted by atomic mass is 9.90. The Morgan fingerprint density at radius 3 is 2.88 bits per heavy atom. The molecule has 1 aliphatic carbocycles. The van der Waals surface area contributed by atoms with E-state index in [2.05, 4.69) is 46.8 Å². The first-order valence-corrected chi connectivity index (χ1v) is 7.43. The number of aromatic nitrogens is 1. The molecule has 17 heavy (non-hydrogen) atoms. The van der Waals surface area contributed by atoms with E-state index < -0.39 is 0 Å². The van der Waals surface area contributed by atoms with Gasteiger partial charge in [0, 0.05) is 21.3 Å². The number of halogens is 1. The molecule has 3 rings (SSSR count). The monoisotopic (exact) mass is 307 g/mol. The van der Waals surface area contributed by atoms with Gasteiger partial charge in [-0.25, -0.2) is 0 Å². The molecule has 0 fully saturated rings. The van der Waals surface area contributed by atoms with Gasteiger partial charge in [0.1, 0.15) is 0 Å². The molecule has 1 aromatic carbocycles. The summed E-state index contributed by atoms with van der Waals surface area (Å²) in [6.45, 7) is 0. The molecule has 0 atom stereocenters. The Hall–Kier alpha value is -0.540. The van der Waals surface area contributed by atoms with Crippen LogP contribution < -0.4 is 0 Å². The highest BCUT2D eigenvalue weighted by atomic mass is 79.9. The van der Waals surface area contributed by atoms with Crippen LogP contribution in [0.1, 0.15) is 29.7 Å². The molecule has 0 spiro atoms. The Balaban J connectivity index is 2.39. The van der Waals surface area contributed by atoms with Gasteiger partial charge in [0.05, 0.1) is 5.52 Å². The summed E-state index contributed by atoms with van der Waals surface area (Å²) < 4.78 is 1.09. The first-order chi connectivity index (χ1) is 8.31. The number of pyridine rings is 1. The minimum absolute atomic E-state index is 0.803. The van der Waals surface area contributed by atoms with Crippen LogP contribution in [-0.4, -0.2) is 4.98 Å². The van der Waals surface area contributed by atoms with Gasteiger partial charge in [-0.2, -0.15) is 12.6 Å². The van der Waals surface area contributed by atoms with Crippen molar-refractivity contribution in [3.8, 4) is 0 Å². The van der Waals surface area contributed by atoms with E-state index in [1.54, 1.807) is 0 Å². The van der Waals surface area contributed by atoms with Crippen molar-refractivity contribution in [1.82, 2.24) is 4.98 Å². The van der Waals surface area contributed by atoms with Crippen molar-refractivity contribution in [2.24, 2.45) is 0 Å². The lowest BCUT2D eigenvalue weighted by molar-refractivity contribution is 0.667. The number of hydrogen-bond acceptors (Lipinski definition) is 2. The number of thiol groups is 1. The third-order valence-corrected chi connectivity index (χ3v) is 4.48. The van der Waals surface area contributed by atoms with Crippen molar-refractivity contribution in [2.75, 3.05) is 0 Å². The molecule has 0 unspecified atom stereocenters. The number of benzene rings is 1. The SMILES string of the molecule is SCc1c2c(nc3c(Br)cccc13)CCCC2. The molecule has 0 saturated carbocycles. The molecule has 0 N–H and O–H groups in total. The van der Waals surface area contributed by atoms with E-state index in [1.807, 2.05) is 0 Å². The van der Waals surface area contributed by atoms with Crippen LogP contribution in [-0.2, 0) is 18.6 Å². The maximum Gasteiger partial charge on any atom is 0.0850 e. The number of nitrogens with zero attached hydrogens (tertiary/aromatic N) is 1. The Labute approximate surface area is 115 Å². The molecule has 0 aliphatic heterocycles. The Kier molecular flexibility index (Phi) is 3.14. The molecular weight excluding hydrogens is 294 g/mol. The molecule has 1 heterocycles. The average molecular weight is 308 g/mol. The maximum atomic E-state index is 4.84. The molecular formula is C14H14BrNS. The summed E-state index contributed by atoms with van der Waals surface area (Å²) >= 11 is 8.11. The predicted octanol–water partition coefficient (Wildman–Crippen LogP) is 4.31. The van der Waals surface area contributed by atoms with E-state index in [0.29, 0.717) is 0 Å². The molecule has 1 nitrogen and oxygen atoms in total. The highest BCUT2D eigenvalue weighted by molar-refractivity contribution is 9.10. The van der Waals surface area contributed by atoms with Crippen LogP contribution in [0.2, 0.25) is 0 Å². The van der Waals surface area contributed by atoms with Crippen LogP contribution in [0.15, 0.2) is 22.7 Å². The van der Waals surface area contributed by atoms with Crippen molar-refractivity contribution < 1.29 is 0 Å². The third kappa shape index (κ3) is 1.89. The summed E-state index contributed by atoms with van der Waals surface area (Å²) in [4.78, 5) is 4.84. The lowest BCUT2D eigenvalue weighted by Crippen LogP contribution is -2.09. The first-order valence-electron chi connectivity index (χ1n) is 6.01. The van der Waals surface area contributed by atoms with Gasteiger partial charge in [0.25, 0.3) is 0 Å². The van der Waals surface area contributed by atoms with E-state index in [-0.39, 0.29) is 0 Å². The van der Waals surface area contributed by atoms with E-state index in [9.17, 15) is 0 Å². The van der Waals surface area contributed by atoms with Crippen molar-refractivity contribution in [3.63, 3.8) is 0 Å². The topological polar surface area (TPSA) is 12.9 Å². The fraction of sp³-hybridized carbons (Fsp3) is 0.357. The molecule has 0 bridgehead atoms. The summed E-state index contributed by atoms with van der Waals surface area (Å²) in [5.74, 6) is 0.803. The Bertz CT molecular complexity index is 580. The Morgan fingerprint density at radius 1 is 1.24 bits per heavy atom. The Morgan fingerprint density at radius 2 is 2.06 bits per heavy atom. The second-order valence-corrected chi connectivity index (χ2v) is 5.69. The number of fused-ring (bicyclic) bond motifs is 2. The fourth-order valence-electron chi connectivity index (χ4n) is 2.69. The van der Waals surface area contributed by atoms with Crippen molar-refractivity contribution in [1.29, 1.82) is 0 Å². The van der Waals surface area contributed by atoms with Gasteiger partial charge in [-0.05, 0) is 58.8 Å². The largest absolute Gasteiger partial charge is 0.251 e. The van der Waals surface area contributed by atoms with Crippen molar-refractivity contribution in [3.05, 3.63) is 39.5 Å². The van der Waals surface area contributed by atoms with E-state index in [0.717, 1.165) is 22.2 Å². The van der Waals surface area contributed by atoms with Crippen LogP contribution in [0.5, 0.6) is 0 Å². The predicted molar refractivity (Wildman–Crippen MR) is 78.8 cm³/mol. The zero-order chi connectivity index (χ0) is 11.8. The van der Waals surface area contributed by atoms with Gasteiger partial charge in [0.2, 0.25) is 0 Å². The van der Waals surface area contributed by atoms with E-state index in [4.69, 9.17) is 4.98 Å². The van der Waals surface area contributed by atoms with Gasteiger partial charge >= 0.3 is 0 Å². The molecule has 1 aromatic heterocycles. The first kappa shape index (κ1) is 11.5. The van der Waals surface area contributed by atoms with Crippen LogP contribution in [0, 0.1) is 0 Å². The van der Waals surface area contributed by atoms with Gasteiger partial charge in [-0.15, -0.1) is 0 Å². The molecule has 0 amide bonds. The fourth-order valence-corrected chi connectivity index (χ4v) is 3.50. The molecule has 1 aliphatic rings. The van der Waals surface area contributed by atoms with Gasteiger partial charge in [-0.1, -0.05) is 12.1 Å². The molecule has 3 heteroatoms. The zero-order valence-corrected chi connectivity index (χ0v) is 12.0. The van der Waals surface area contributed by atoms with Crippen molar-refractivity contribution in [2.45, 2.75) is 31.4 Å². The number of aryl methyl sites for hydroxylation is 1. The van der Waals surface area contributed by atoms with Crippen LogP contribution in [0.4, 0.5) is 0 Å². The number of hydrogen-bond donors (Lipinski definition) is 1. The summed E-state index contributed by atoms with van der Waals surface area (Å²) in [7, 11) is 0. The zero-order valence-electron chi connectivity index (χ0n) is 9.54. The highest BCUT2D eigenvalue weighted by Crippen LogP contribution is 2.32. The van der Waals surface area contributed by atoms with E-state index >= 15 is 0 Å². The van der Waals surface area contributed by atoms with Crippen molar-refractivity contribution >= 4 is 39.5 Å². The normalized spacial score (nSPS) is 14.9. The summed E-state index contributed by atoms with van der Waals surface area (Å²) in [5.41, 5.74) is 5.23. The molecule has 2 aromatic rings. The maximum absolute atomic E-state index is 4.84. The van der Waals surface area contributed by atoms with Gasteiger partial charge in [0.15, 0.2) is 0 Å². The highest BCUT2D eigenvalue weighted by Gasteiger charge is 2.17. The van der Waals surface area contributed by atoms with Gasteiger partial charge in [-0.3, -0.25) is 4.98 Å². The smallest absolute Gasteiger partial charge is 0.0850 e. The number of rotatable bonds is 1. The van der Waals surface area contributed by atoms with Crippen LogP contribution >= 0.6 is 28.6 Å². The number of para-hydroxylation sites is 1. The molecule has 88 valence electrons. The summed E-state index contributed by atoms with van der Waals surface area (Å²) in [5, 5.41) is 1.26. The standard InChI is InChI=1S/C14H14BrNS/c15-12-6-3-5-10-11(8-17)9-4-1-2-7-13(9)16-14(10)12/h3,5-6,17H,1-2,4,7-8H2. The van der Waals surface area contributed by atoms with Crippen LogP contribution in [0.3, 0.4) is 0 Å². The van der Waals surface area contributed by atoms with Crippen LogP contribution in [0.25, 0.3) is 10.9 Å². The molecule has 0 radical (unpaired) electrons. The third-order valence-electron chi connectivity index (χ3n) is 3.52. The summed E-state index contributed by atoms with van der Waals surface area (Å²) in [6.07, 6.45) is 4.84. The molecule has 0 saturated heterocycles.